The lowest BCUT2D eigenvalue weighted by Gasteiger charge is -2.01. The Morgan fingerprint density at radius 2 is 1.83 bits per heavy atom. The Kier molecular flexibility index (Phi) is 8.26. The van der Waals surface area contributed by atoms with Gasteiger partial charge in [-0.3, -0.25) is 4.99 Å². The molecule has 0 amide bonds. The van der Waals surface area contributed by atoms with Crippen LogP contribution < -0.4 is 0 Å². The van der Waals surface area contributed by atoms with Crippen molar-refractivity contribution < 1.29 is 0 Å². The van der Waals surface area contributed by atoms with Gasteiger partial charge in [0.25, 0.3) is 0 Å². The van der Waals surface area contributed by atoms with Crippen LogP contribution in [-0.2, 0) is 0 Å². The number of allylic oxidation sites excluding steroid dienone is 7. The lowest BCUT2D eigenvalue weighted by atomic mass is 10.1. The van der Waals surface area contributed by atoms with E-state index in [0.717, 1.165) is 23.3 Å². The lowest BCUT2D eigenvalue weighted by Crippen LogP contribution is -1.84. The first-order chi connectivity index (χ1) is 8.54. The van der Waals surface area contributed by atoms with Crippen LogP contribution in [0.5, 0.6) is 0 Å². The second-order valence-corrected chi connectivity index (χ2v) is 4.20. The molecule has 0 aromatic rings. The summed E-state index contributed by atoms with van der Waals surface area (Å²) in [5, 5.41) is 0. The summed E-state index contributed by atoms with van der Waals surface area (Å²) in [5.74, 6) is 0. The van der Waals surface area contributed by atoms with Crippen molar-refractivity contribution in [3.8, 4) is 0 Å². The molecular weight excluding hydrogens is 218 g/mol. The first kappa shape index (κ1) is 16.1. The molecule has 96 valence electrons. The van der Waals surface area contributed by atoms with Gasteiger partial charge in [-0.15, -0.1) is 5.73 Å². The minimum Gasteiger partial charge on any atom is -0.266 e. The average molecular weight is 241 g/mol. The number of hydrogen-bond acceptors (Lipinski definition) is 1. The van der Waals surface area contributed by atoms with E-state index in [4.69, 9.17) is 0 Å². The van der Waals surface area contributed by atoms with E-state index in [-0.39, 0.29) is 0 Å². The number of hydrogen-bond donors (Lipinski definition) is 0. The summed E-state index contributed by atoms with van der Waals surface area (Å²) in [6.07, 6.45) is 10.6. The minimum atomic E-state index is 0.965. The maximum atomic E-state index is 4.30. The molecule has 0 saturated carbocycles. The number of aliphatic imine (C=N–C) groups is 1. The van der Waals surface area contributed by atoms with Crippen LogP contribution in [-0.4, -0.2) is 5.71 Å². The predicted molar refractivity (Wildman–Crippen MR) is 82.9 cm³/mol. The molecule has 0 aromatic heterocycles. The molecule has 0 radical (unpaired) electrons. The molecule has 0 bridgehead atoms. The summed E-state index contributed by atoms with van der Waals surface area (Å²) in [6, 6.07) is 0. The highest BCUT2D eigenvalue weighted by Gasteiger charge is 1.96. The van der Waals surface area contributed by atoms with Crippen LogP contribution in [0.2, 0.25) is 0 Å². The van der Waals surface area contributed by atoms with Gasteiger partial charge in [0.1, 0.15) is 0 Å². The quantitative estimate of drug-likeness (QED) is 0.346. The van der Waals surface area contributed by atoms with Crippen molar-refractivity contribution in [3.63, 3.8) is 0 Å². The maximum Gasteiger partial charge on any atom is 0.0345 e. The van der Waals surface area contributed by atoms with E-state index in [1.807, 2.05) is 32.2 Å². The van der Waals surface area contributed by atoms with Crippen molar-refractivity contribution in [1.82, 2.24) is 0 Å². The van der Waals surface area contributed by atoms with Gasteiger partial charge in [-0.2, -0.15) is 0 Å². The third-order valence-electron chi connectivity index (χ3n) is 2.38. The standard InChI is InChI=1S/C17H23N/c1-7-10-17(12-11-15(6)8-2)16(9-3)13-18-14(4)5/h9-13H,1,3,8H2,2,4-6H3/b15-11+,16-13+,17-12+. The molecule has 0 heterocycles. The van der Waals surface area contributed by atoms with E-state index in [2.05, 4.69) is 43.8 Å². The molecule has 0 aliphatic carbocycles. The van der Waals surface area contributed by atoms with E-state index in [1.165, 1.54) is 5.57 Å². The summed E-state index contributed by atoms with van der Waals surface area (Å²) in [4.78, 5) is 4.30. The molecule has 0 spiro atoms. The summed E-state index contributed by atoms with van der Waals surface area (Å²) in [7, 11) is 0. The highest BCUT2D eigenvalue weighted by atomic mass is 14.7. The molecule has 0 N–H and O–H groups in total. The Bertz CT molecular complexity index is 446. The van der Waals surface area contributed by atoms with Gasteiger partial charge in [0, 0.05) is 11.9 Å². The molecule has 0 aromatic carbocycles. The minimum absolute atomic E-state index is 0.965. The summed E-state index contributed by atoms with van der Waals surface area (Å²) in [5.41, 5.74) is 7.11. The zero-order valence-corrected chi connectivity index (χ0v) is 12.0. The first-order valence-electron chi connectivity index (χ1n) is 6.12. The molecule has 18 heavy (non-hydrogen) atoms. The fraction of sp³-hybridized carbons (Fsp3) is 0.294. The first-order valence-corrected chi connectivity index (χ1v) is 6.12. The van der Waals surface area contributed by atoms with Gasteiger partial charge < -0.3 is 0 Å². The Morgan fingerprint density at radius 1 is 1.17 bits per heavy atom. The second kappa shape index (κ2) is 9.21. The molecule has 1 heteroatoms. The van der Waals surface area contributed by atoms with E-state index in [0.29, 0.717) is 0 Å². The zero-order valence-electron chi connectivity index (χ0n) is 12.0. The van der Waals surface area contributed by atoms with E-state index in [9.17, 15) is 0 Å². The monoisotopic (exact) mass is 241 g/mol. The van der Waals surface area contributed by atoms with Gasteiger partial charge >= 0.3 is 0 Å². The van der Waals surface area contributed by atoms with Crippen LogP contribution in [0, 0.1) is 0 Å². The van der Waals surface area contributed by atoms with Crippen molar-refractivity contribution in [1.29, 1.82) is 0 Å². The van der Waals surface area contributed by atoms with Crippen LogP contribution in [0.1, 0.15) is 34.1 Å². The lowest BCUT2D eigenvalue weighted by molar-refractivity contribution is 1.10. The van der Waals surface area contributed by atoms with Crippen molar-refractivity contribution >= 4 is 5.71 Å². The highest BCUT2D eigenvalue weighted by molar-refractivity contribution is 5.79. The molecule has 0 atom stereocenters. The second-order valence-electron chi connectivity index (χ2n) is 4.20. The Labute approximate surface area is 111 Å². The molecule has 0 unspecified atom stereocenters. The van der Waals surface area contributed by atoms with Crippen LogP contribution in [0.3, 0.4) is 0 Å². The van der Waals surface area contributed by atoms with Crippen molar-refractivity contribution in [3.05, 3.63) is 66.1 Å². The van der Waals surface area contributed by atoms with E-state index < -0.39 is 0 Å². The van der Waals surface area contributed by atoms with Crippen LogP contribution in [0.15, 0.2) is 71.1 Å². The maximum absolute atomic E-state index is 4.30. The van der Waals surface area contributed by atoms with Gasteiger partial charge in [-0.05, 0) is 44.4 Å². The van der Waals surface area contributed by atoms with Crippen molar-refractivity contribution in [2.75, 3.05) is 0 Å². The van der Waals surface area contributed by atoms with E-state index >= 15 is 0 Å². The molecule has 0 aliphatic heterocycles. The number of rotatable bonds is 6. The van der Waals surface area contributed by atoms with Gasteiger partial charge in [0.15, 0.2) is 0 Å². The average Bonchev–Trinajstić information content (AvgIpc) is 2.35. The summed E-state index contributed by atoms with van der Waals surface area (Å²) in [6.45, 7) is 15.6. The number of nitrogens with zero attached hydrogens (tertiary/aromatic N) is 1. The van der Waals surface area contributed by atoms with Gasteiger partial charge in [0.05, 0.1) is 0 Å². The van der Waals surface area contributed by atoms with Crippen LogP contribution >= 0.6 is 0 Å². The molecule has 0 rings (SSSR count). The van der Waals surface area contributed by atoms with Gasteiger partial charge in [-0.25, -0.2) is 0 Å². The van der Waals surface area contributed by atoms with Crippen molar-refractivity contribution in [2.24, 2.45) is 4.99 Å². The normalized spacial score (nSPS) is 12.8. The van der Waals surface area contributed by atoms with Gasteiger partial charge in [0.2, 0.25) is 0 Å². The Hall–Kier alpha value is -1.85. The smallest absolute Gasteiger partial charge is 0.0345 e. The topological polar surface area (TPSA) is 12.4 Å². The Morgan fingerprint density at radius 3 is 2.28 bits per heavy atom. The summed E-state index contributed by atoms with van der Waals surface area (Å²) < 4.78 is 0. The van der Waals surface area contributed by atoms with Crippen LogP contribution in [0.25, 0.3) is 0 Å². The third-order valence-corrected chi connectivity index (χ3v) is 2.38. The van der Waals surface area contributed by atoms with Crippen molar-refractivity contribution in [2.45, 2.75) is 34.1 Å². The third kappa shape index (κ3) is 6.67. The fourth-order valence-corrected chi connectivity index (χ4v) is 1.13. The molecular formula is C17H23N. The molecule has 0 saturated heterocycles. The molecule has 0 fully saturated rings. The largest absolute Gasteiger partial charge is 0.266 e. The zero-order chi connectivity index (χ0) is 14.0. The SMILES string of the molecule is C=C=CC(=C\C=C(/C)CC)/C(C=C)=C/N=C(C)C. The van der Waals surface area contributed by atoms with Gasteiger partial charge in [-0.1, -0.05) is 43.9 Å². The van der Waals surface area contributed by atoms with Crippen LogP contribution in [0.4, 0.5) is 0 Å². The highest BCUT2D eigenvalue weighted by Crippen LogP contribution is 2.14. The predicted octanol–water partition coefficient (Wildman–Crippen LogP) is 5.16. The fourth-order valence-electron chi connectivity index (χ4n) is 1.13. The molecule has 0 aliphatic rings. The summed E-state index contributed by atoms with van der Waals surface area (Å²) >= 11 is 0. The van der Waals surface area contributed by atoms with E-state index in [1.54, 1.807) is 6.08 Å². The Balaban J connectivity index is 5.45. The molecule has 1 nitrogen and oxygen atoms in total.